The van der Waals surface area contributed by atoms with Crippen molar-refractivity contribution in [1.82, 2.24) is 4.90 Å². The van der Waals surface area contributed by atoms with Crippen LogP contribution in [0.1, 0.15) is 51.0 Å². The molecule has 0 unspecified atom stereocenters. The van der Waals surface area contributed by atoms with E-state index in [0.29, 0.717) is 18.3 Å². The van der Waals surface area contributed by atoms with Crippen molar-refractivity contribution in [2.24, 2.45) is 22.7 Å². The lowest BCUT2D eigenvalue weighted by Crippen LogP contribution is -2.23. The maximum atomic E-state index is 13.1. The molecule has 0 aromatic heterocycles. The molecule has 3 aliphatic rings. The smallest absolute Gasteiger partial charge is 0.168 e. The van der Waals surface area contributed by atoms with Gasteiger partial charge < -0.3 is 4.74 Å². The van der Waals surface area contributed by atoms with E-state index in [1.165, 1.54) is 42.4 Å². The van der Waals surface area contributed by atoms with Crippen LogP contribution in [-0.2, 0) is 11.3 Å². The van der Waals surface area contributed by atoms with Crippen LogP contribution in [0.2, 0.25) is 0 Å². The van der Waals surface area contributed by atoms with E-state index in [-0.39, 0.29) is 5.78 Å². The highest BCUT2D eigenvalue weighted by molar-refractivity contribution is 6.16. The Hall–Kier alpha value is -2.20. The van der Waals surface area contributed by atoms with Gasteiger partial charge in [-0.15, -0.1) is 0 Å². The van der Waals surface area contributed by atoms with Gasteiger partial charge in [0.25, 0.3) is 0 Å². The predicted octanol–water partition coefficient (Wildman–Crippen LogP) is 5.24. The topological polar surface area (TPSA) is 41.9 Å². The van der Waals surface area contributed by atoms with Gasteiger partial charge in [-0.3, -0.25) is 14.7 Å². The SMILES string of the molecule is CN=CC1=C(CC2CCCC2)C=C([C@@H]2CN(Cc3ccc(OC)cc3)C[C@H]2C)CC1=O. The van der Waals surface area contributed by atoms with Crippen LogP contribution < -0.4 is 4.74 Å². The molecular formula is C27H36N2O2. The Morgan fingerprint density at radius 2 is 1.90 bits per heavy atom. The normalized spacial score (nSPS) is 25.6. The van der Waals surface area contributed by atoms with Crippen LogP contribution >= 0.6 is 0 Å². The molecule has 0 amide bonds. The number of Topliss-reactive ketones (excluding diaryl/α,β-unsaturated/α-hetero) is 1. The van der Waals surface area contributed by atoms with Gasteiger partial charge in [0.1, 0.15) is 5.75 Å². The average molecular weight is 421 g/mol. The predicted molar refractivity (Wildman–Crippen MR) is 127 cm³/mol. The van der Waals surface area contributed by atoms with E-state index in [2.05, 4.69) is 35.0 Å². The maximum absolute atomic E-state index is 13.1. The first-order valence-electron chi connectivity index (χ1n) is 11.8. The maximum Gasteiger partial charge on any atom is 0.168 e. The lowest BCUT2D eigenvalue weighted by Gasteiger charge is -2.25. The van der Waals surface area contributed by atoms with E-state index in [1.807, 2.05) is 12.1 Å². The van der Waals surface area contributed by atoms with Gasteiger partial charge in [-0.05, 0) is 47.4 Å². The number of carbonyl (C=O) groups excluding carboxylic acids is 1. The van der Waals surface area contributed by atoms with Crippen LogP contribution in [-0.4, -0.2) is 44.1 Å². The minimum atomic E-state index is 0.261. The number of hydrogen-bond donors (Lipinski definition) is 0. The van der Waals surface area contributed by atoms with Crippen LogP contribution in [0.3, 0.4) is 0 Å². The molecular weight excluding hydrogens is 384 g/mol. The largest absolute Gasteiger partial charge is 0.497 e. The molecule has 1 heterocycles. The number of carbonyl (C=O) groups is 1. The zero-order valence-corrected chi connectivity index (χ0v) is 19.3. The summed E-state index contributed by atoms with van der Waals surface area (Å²) in [7, 11) is 3.47. The lowest BCUT2D eigenvalue weighted by atomic mass is 9.79. The fourth-order valence-electron chi connectivity index (χ4n) is 5.70. The molecule has 1 aromatic carbocycles. The van der Waals surface area contributed by atoms with E-state index in [0.717, 1.165) is 43.3 Å². The van der Waals surface area contributed by atoms with Crippen molar-refractivity contribution in [3.8, 4) is 5.75 Å². The quantitative estimate of drug-likeness (QED) is 0.567. The number of methoxy groups -OCH3 is 1. The van der Waals surface area contributed by atoms with Gasteiger partial charge in [-0.2, -0.15) is 0 Å². The number of aliphatic imine (C=N–C) groups is 1. The zero-order valence-electron chi connectivity index (χ0n) is 19.3. The van der Waals surface area contributed by atoms with Crippen molar-refractivity contribution in [2.45, 2.75) is 52.0 Å². The summed E-state index contributed by atoms with van der Waals surface area (Å²) in [6.07, 6.45) is 11.0. The molecule has 0 radical (unpaired) electrons. The van der Waals surface area contributed by atoms with Gasteiger partial charge in [0, 0.05) is 44.9 Å². The van der Waals surface area contributed by atoms with Crippen LogP contribution in [0.4, 0.5) is 0 Å². The number of rotatable bonds is 7. The number of benzene rings is 1. The minimum absolute atomic E-state index is 0.261. The molecule has 2 atom stereocenters. The summed E-state index contributed by atoms with van der Waals surface area (Å²) in [5.41, 5.74) is 4.75. The number of likely N-dealkylation sites (tertiary alicyclic amines) is 1. The third-order valence-corrected chi connectivity index (χ3v) is 7.34. The Labute approximate surface area is 187 Å². The van der Waals surface area contributed by atoms with Crippen molar-refractivity contribution in [1.29, 1.82) is 0 Å². The number of ketones is 1. The average Bonchev–Trinajstić information content (AvgIpc) is 3.40. The van der Waals surface area contributed by atoms with E-state index in [4.69, 9.17) is 4.74 Å². The standard InChI is InChI=1S/C27H36N2O2/c1-19-16-29(17-21-8-10-24(31-3)11-9-21)18-26(19)23-13-22(12-20-6-4-5-7-20)25(15-28-2)27(30)14-23/h8-11,13,15,19-20,26H,4-7,12,14,16-18H2,1-3H3/t19-,26-/m1/s1. The Balaban J connectivity index is 1.49. The number of nitrogens with zero attached hydrogens (tertiary/aromatic N) is 2. The minimum Gasteiger partial charge on any atom is -0.497 e. The number of allylic oxidation sites excluding steroid dienone is 3. The third kappa shape index (κ3) is 5.17. The second kappa shape index (κ2) is 9.95. The summed E-state index contributed by atoms with van der Waals surface area (Å²) in [5.74, 6) is 2.91. The summed E-state index contributed by atoms with van der Waals surface area (Å²) in [5, 5.41) is 0. The first kappa shape index (κ1) is 22.0. The van der Waals surface area contributed by atoms with Gasteiger partial charge in [0.15, 0.2) is 5.78 Å². The summed E-state index contributed by atoms with van der Waals surface area (Å²) in [6.45, 7) is 5.39. The summed E-state index contributed by atoms with van der Waals surface area (Å²) < 4.78 is 5.28. The van der Waals surface area contributed by atoms with Gasteiger partial charge in [-0.25, -0.2) is 0 Å². The van der Waals surface area contributed by atoms with Crippen molar-refractivity contribution in [3.05, 3.63) is 52.6 Å². The molecule has 4 rings (SSSR count). The molecule has 4 nitrogen and oxygen atoms in total. The van der Waals surface area contributed by atoms with Crippen LogP contribution in [0, 0.1) is 17.8 Å². The van der Waals surface area contributed by atoms with Crippen molar-refractivity contribution >= 4 is 12.0 Å². The molecule has 1 aromatic rings. The molecule has 4 heteroatoms. The highest BCUT2D eigenvalue weighted by atomic mass is 16.5. The van der Waals surface area contributed by atoms with E-state index < -0.39 is 0 Å². The van der Waals surface area contributed by atoms with Crippen LogP contribution in [0.15, 0.2) is 52.1 Å². The van der Waals surface area contributed by atoms with Gasteiger partial charge in [0.05, 0.1) is 7.11 Å². The van der Waals surface area contributed by atoms with E-state index in [9.17, 15) is 4.79 Å². The molecule has 31 heavy (non-hydrogen) atoms. The van der Waals surface area contributed by atoms with Gasteiger partial charge in [0.2, 0.25) is 0 Å². The molecule has 1 aliphatic heterocycles. The summed E-state index contributed by atoms with van der Waals surface area (Å²) in [6, 6.07) is 8.37. The molecule has 0 N–H and O–H groups in total. The Morgan fingerprint density at radius 1 is 1.16 bits per heavy atom. The molecule has 1 saturated heterocycles. The van der Waals surface area contributed by atoms with Gasteiger partial charge in [-0.1, -0.05) is 56.4 Å². The zero-order chi connectivity index (χ0) is 21.8. The fourth-order valence-corrected chi connectivity index (χ4v) is 5.70. The second-order valence-corrected chi connectivity index (χ2v) is 9.63. The Morgan fingerprint density at radius 3 is 2.58 bits per heavy atom. The molecule has 0 spiro atoms. The third-order valence-electron chi connectivity index (χ3n) is 7.34. The van der Waals surface area contributed by atoms with Crippen LogP contribution in [0.5, 0.6) is 5.75 Å². The van der Waals surface area contributed by atoms with E-state index >= 15 is 0 Å². The molecule has 2 fully saturated rings. The summed E-state index contributed by atoms with van der Waals surface area (Å²) in [4.78, 5) is 19.8. The number of hydrogen-bond acceptors (Lipinski definition) is 4. The molecule has 0 bridgehead atoms. The number of ether oxygens (including phenoxy) is 1. The van der Waals surface area contributed by atoms with Crippen molar-refractivity contribution in [3.63, 3.8) is 0 Å². The lowest BCUT2D eigenvalue weighted by molar-refractivity contribution is -0.114. The summed E-state index contributed by atoms with van der Waals surface area (Å²) >= 11 is 0. The Bertz CT molecular complexity index is 875. The monoisotopic (exact) mass is 420 g/mol. The molecule has 166 valence electrons. The molecule has 1 saturated carbocycles. The highest BCUT2D eigenvalue weighted by Gasteiger charge is 2.35. The first-order valence-corrected chi connectivity index (χ1v) is 11.8. The highest BCUT2D eigenvalue weighted by Crippen LogP contribution is 2.39. The van der Waals surface area contributed by atoms with Crippen molar-refractivity contribution < 1.29 is 9.53 Å². The fraction of sp³-hybridized carbons (Fsp3) is 0.556. The van der Waals surface area contributed by atoms with Gasteiger partial charge >= 0.3 is 0 Å². The molecule has 2 aliphatic carbocycles. The Kier molecular flexibility index (Phi) is 7.06. The van der Waals surface area contributed by atoms with Crippen molar-refractivity contribution in [2.75, 3.05) is 27.2 Å². The second-order valence-electron chi connectivity index (χ2n) is 9.63. The van der Waals surface area contributed by atoms with E-state index in [1.54, 1.807) is 20.4 Å². The first-order chi connectivity index (χ1) is 15.1. The van der Waals surface area contributed by atoms with Crippen LogP contribution in [0.25, 0.3) is 0 Å².